The number of pyridine rings is 1. The summed E-state index contributed by atoms with van der Waals surface area (Å²) in [5.74, 6) is 0.229. The summed E-state index contributed by atoms with van der Waals surface area (Å²) in [5.41, 5.74) is 1.77. The standard InChI is InChI=1S/C18H18N4O4/c23-17(15-3-1-2-6-19-15)20-12-4-5-14-16(9-12)21-22-18(14)26-11-13-10-24-7-8-25-13/h1-6,9,13H,7-8,10-11H2,(H,20,23)(H,21,22)/t13-/m0/s1. The van der Waals surface area contributed by atoms with Gasteiger partial charge in [-0.2, -0.15) is 0 Å². The van der Waals surface area contributed by atoms with Gasteiger partial charge >= 0.3 is 0 Å². The first-order valence-corrected chi connectivity index (χ1v) is 8.32. The lowest BCUT2D eigenvalue weighted by molar-refractivity contribution is -0.101. The van der Waals surface area contributed by atoms with E-state index in [0.29, 0.717) is 43.7 Å². The highest BCUT2D eigenvalue weighted by Crippen LogP contribution is 2.25. The second kappa shape index (κ2) is 7.51. The van der Waals surface area contributed by atoms with Crippen molar-refractivity contribution in [2.24, 2.45) is 0 Å². The molecular weight excluding hydrogens is 336 g/mol. The summed E-state index contributed by atoms with van der Waals surface area (Å²) in [5, 5.41) is 10.8. The van der Waals surface area contributed by atoms with Crippen molar-refractivity contribution in [2.75, 3.05) is 31.7 Å². The molecule has 0 bridgehead atoms. The Morgan fingerprint density at radius 1 is 1.31 bits per heavy atom. The van der Waals surface area contributed by atoms with Gasteiger partial charge in [0, 0.05) is 11.9 Å². The maximum atomic E-state index is 12.2. The van der Waals surface area contributed by atoms with E-state index in [-0.39, 0.29) is 12.0 Å². The highest BCUT2D eigenvalue weighted by Gasteiger charge is 2.17. The number of carbonyl (C=O) groups excluding carboxylic acids is 1. The molecular formula is C18H18N4O4. The van der Waals surface area contributed by atoms with Crippen LogP contribution < -0.4 is 10.1 Å². The van der Waals surface area contributed by atoms with E-state index >= 15 is 0 Å². The number of benzene rings is 1. The lowest BCUT2D eigenvalue weighted by Crippen LogP contribution is -2.33. The minimum atomic E-state index is -0.268. The molecule has 1 saturated heterocycles. The zero-order valence-corrected chi connectivity index (χ0v) is 14.0. The van der Waals surface area contributed by atoms with Crippen LogP contribution in [0.4, 0.5) is 5.69 Å². The van der Waals surface area contributed by atoms with Gasteiger partial charge in [-0.15, -0.1) is 5.10 Å². The molecule has 3 aromatic rings. The first-order valence-electron chi connectivity index (χ1n) is 8.32. The molecule has 1 aliphatic rings. The molecule has 0 aliphatic carbocycles. The van der Waals surface area contributed by atoms with Crippen LogP contribution in [0.25, 0.3) is 10.9 Å². The van der Waals surface area contributed by atoms with E-state index in [1.54, 1.807) is 36.5 Å². The van der Waals surface area contributed by atoms with Crippen LogP contribution >= 0.6 is 0 Å². The molecule has 1 amide bonds. The van der Waals surface area contributed by atoms with Crippen molar-refractivity contribution in [3.05, 3.63) is 48.3 Å². The van der Waals surface area contributed by atoms with E-state index in [0.717, 1.165) is 10.9 Å². The number of nitrogens with one attached hydrogen (secondary N) is 2. The smallest absolute Gasteiger partial charge is 0.274 e. The third-order valence-electron chi connectivity index (χ3n) is 3.97. The first kappa shape index (κ1) is 16.5. The molecule has 26 heavy (non-hydrogen) atoms. The van der Waals surface area contributed by atoms with Crippen molar-refractivity contribution in [3.63, 3.8) is 0 Å². The number of aromatic nitrogens is 3. The second-order valence-corrected chi connectivity index (χ2v) is 5.84. The van der Waals surface area contributed by atoms with Gasteiger partial charge in [0.25, 0.3) is 5.91 Å². The van der Waals surface area contributed by atoms with Gasteiger partial charge < -0.3 is 19.5 Å². The van der Waals surface area contributed by atoms with Crippen LogP contribution in [-0.4, -0.2) is 53.6 Å². The molecule has 1 aromatic carbocycles. The molecule has 1 atom stereocenters. The van der Waals surface area contributed by atoms with Crippen molar-refractivity contribution in [3.8, 4) is 5.88 Å². The number of anilines is 1. The van der Waals surface area contributed by atoms with Gasteiger partial charge in [-0.1, -0.05) is 6.07 Å². The highest BCUT2D eigenvalue weighted by molar-refractivity contribution is 6.03. The maximum Gasteiger partial charge on any atom is 0.274 e. The Morgan fingerprint density at radius 2 is 2.27 bits per heavy atom. The predicted molar refractivity (Wildman–Crippen MR) is 94.3 cm³/mol. The van der Waals surface area contributed by atoms with E-state index in [4.69, 9.17) is 14.2 Å². The van der Waals surface area contributed by atoms with Crippen LogP contribution in [0.1, 0.15) is 10.5 Å². The molecule has 3 heterocycles. The van der Waals surface area contributed by atoms with Crippen LogP contribution in [0.2, 0.25) is 0 Å². The molecule has 8 nitrogen and oxygen atoms in total. The van der Waals surface area contributed by atoms with Crippen LogP contribution in [0, 0.1) is 0 Å². The fourth-order valence-electron chi connectivity index (χ4n) is 2.68. The van der Waals surface area contributed by atoms with Crippen LogP contribution in [0.15, 0.2) is 42.6 Å². The van der Waals surface area contributed by atoms with Gasteiger partial charge in [0.1, 0.15) is 18.4 Å². The van der Waals surface area contributed by atoms with Crippen LogP contribution in [0.5, 0.6) is 5.88 Å². The monoisotopic (exact) mass is 354 g/mol. The molecule has 8 heteroatoms. The summed E-state index contributed by atoms with van der Waals surface area (Å²) in [4.78, 5) is 16.2. The molecule has 0 radical (unpaired) electrons. The Balaban J connectivity index is 1.44. The van der Waals surface area contributed by atoms with E-state index in [1.807, 2.05) is 6.07 Å². The summed E-state index contributed by atoms with van der Waals surface area (Å²) < 4.78 is 16.6. The largest absolute Gasteiger partial charge is 0.473 e. The number of aromatic amines is 1. The Kier molecular flexibility index (Phi) is 4.76. The van der Waals surface area contributed by atoms with E-state index < -0.39 is 0 Å². The van der Waals surface area contributed by atoms with Gasteiger partial charge in [-0.25, -0.2) is 0 Å². The zero-order valence-electron chi connectivity index (χ0n) is 14.0. The number of amides is 1. The second-order valence-electron chi connectivity index (χ2n) is 5.84. The predicted octanol–water partition coefficient (Wildman–Crippen LogP) is 2.00. The van der Waals surface area contributed by atoms with Gasteiger partial charge in [0.05, 0.1) is 30.7 Å². The summed E-state index contributed by atoms with van der Waals surface area (Å²) in [6.45, 7) is 2.09. The van der Waals surface area contributed by atoms with E-state index in [9.17, 15) is 4.79 Å². The van der Waals surface area contributed by atoms with Crippen molar-refractivity contribution in [1.82, 2.24) is 15.2 Å². The van der Waals surface area contributed by atoms with Gasteiger partial charge in [0.2, 0.25) is 5.88 Å². The lowest BCUT2D eigenvalue weighted by Gasteiger charge is -2.22. The molecule has 0 unspecified atom stereocenters. The Morgan fingerprint density at radius 3 is 3.08 bits per heavy atom. The summed E-state index contributed by atoms with van der Waals surface area (Å²) in [6.07, 6.45) is 1.49. The average Bonchev–Trinajstić information content (AvgIpc) is 3.10. The number of hydrogen-bond acceptors (Lipinski definition) is 6. The third-order valence-corrected chi connectivity index (χ3v) is 3.97. The zero-order chi connectivity index (χ0) is 17.8. The average molecular weight is 354 g/mol. The quantitative estimate of drug-likeness (QED) is 0.727. The summed E-state index contributed by atoms with van der Waals surface area (Å²) in [7, 11) is 0. The SMILES string of the molecule is O=C(Nc1ccc2c(OC[C@@H]3COCCO3)n[nH]c2c1)c1ccccn1. The van der Waals surface area contributed by atoms with Gasteiger partial charge in [-0.3, -0.25) is 14.9 Å². The number of H-pyrrole nitrogens is 1. The fraction of sp³-hybridized carbons (Fsp3) is 0.278. The van der Waals surface area contributed by atoms with E-state index in [2.05, 4.69) is 20.5 Å². The fourth-order valence-corrected chi connectivity index (χ4v) is 2.68. The van der Waals surface area contributed by atoms with Crippen molar-refractivity contribution >= 4 is 22.5 Å². The number of nitrogens with zero attached hydrogens (tertiary/aromatic N) is 2. The number of ether oxygens (including phenoxy) is 3. The molecule has 0 saturated carbocycles. The third kappa shape index (κ3) is 3.66. The lowest BCUT2D eigenvalue weighted by atomic mass is 10.2. The van der Waals surface area contributed by atoms with Crippen molar-refractivity contribution in [2.45, 2.75) is 6.10 Å². The van der Waals surface area contributed by atoms with Crippen LogP contribution in [-0.2, 0) is 9.47 Å². The highest BCUT2D eigenvalue weighted by atomic mass is 16.6. The summed E-state index contributed by atoms with van der Waals surface area (Å²) in [6, 6.07) is 10.6. The Labute approximate surface area is 149 Å². The number of carbonyl (C=O) groups is 1. The number of fused-ring (bicyclic) bond motifs is 1. The molecule has 134 valence electrons. The maximum absolute atomic E-state index is 12.2. The van der Waals surface area contributed by atoms with Crippen molar-refractivity contribution in [1.29, 1.82) is 0 Å². The van der Waals surface area contributed by atoms with E-state index in [1.165, 1.54) is 0 Å². The Bertz CT molecular complexity index is 891. The normalized spacial score (nSPS) is 17.2. The minimum Gasteiger partial charge on any atom is -0.473 e. The molecule has 2 aromatic heterocycles. The first-order chi connectivity index (χ1) is 12.8. The summed E-state index contributed by atoms with van der Waals surface area (Å²) >= 11 is 0. The molecule has 1 fully saturated rings. The molecule has 4 rings (SSSR count). The minimum absolute atomic E-state index is 0.0903. The van der Waals surface area contributed by atoms with Crippen molar-refractivity contribution < 1.29 is 19.0 Å². The molecule has 1 aliphatic heterocycles. The van der Waals surface area contributed by atoms with Gasteiger partial charge in [-0.05, 0) is 30.3 Å². The number of rotatable bonds is 5. The Hall–Kier alpha value is -2.97. The number of hydrogen-bond donors (Lipinski definition) is 2. The molecule has 0 spiro atoms. The van der Waals surface area contributed by atoms with Crippen LogP contribution in [0.3, 0.4) is 0 Å². The topological polar surface area (TPSA) is 98.4 Å². The molecule has 2 N–H and O–H groups in total. The van der Waals surface area contributed by atoms with Gasteiger partial charge in [0.15, 0.2) is 0 Å².